The lowest BCUT2D eigenvalue weighted by Crippen LogP contribution is -2.33. The lowest BCUT2D eigenvalue weighted by Gasteiger charge is -2.16. The fraction of sp³-hybridized carbons (Fsp3) is 0.611. The fourth-order valence-electron chi connectivity index (χ4n) is 3.03. The van der Waals surface area contributed by atoms with E-state index in [1.165, 1.54) is 36.5 Å². The van der Waals surface area contributed by atoms with E-state index in [1.807, 2.05) is 0 Å². The van der Waals surface area contributed by atoms with Gasteiger partial charge in [-0.05, 0) is 12.3 Å². The first-order chi connectivity index (χ1) is 12.7. The maximum absolute atomic E-state index is 10.2. The molecule has 1 saturated heterocycles. The lowest BCUT2D eigenvalue weighted by molar-refractivity contribution is -0.0511. The van der Waals surface area contributed by atoms with E-state index in [0.29, 0.717) is 16.9 Å². The number of fused-ring (bicyclic) bond motifs is 1. The van der Waals surface area contributed by atoms with E-state index in [-0.39, 0.29) is 6.61 Å². The van der Waals surface area contributed by atoms with Gasteiger partial charge in [-0.1, -0.05) is 32.1 Å². The van der Waals surface area contributed by atoms with Crippen LogP contribution in [-0.2, 0) is 4.74 Å². The molecule has 0 radical (unpaired) electrons. The van der Waals surface area contributed by atoms with Crippen molar-refractivity contribution in [3.8, 4) is 11.8 Å². The molecule has 140 valence electrons. The van der Waals surface area contributed by atoms with Crippen LogP contribution in [0.5, 0.6) is 0 Å². The van der Waals surface area contributed by atoms with Crippen molar-refractivity contribution in [3.63, 3.8) is 0 Å². The van der Waals surface area contributed by atoms with Crippen LogP contribution in [0.4, 0.5) is 0 Å². The first kappa shape index (κ1) is 18.7. The molecule has 8 nitrogen and oxygen atoms in total. The van der Waals surface area contributed by atoms with Gasteiger partial charge < -0.3 is 20.1 Å². The van der Waals surface area contributed by atoms with Gasteiger partial charge in [0.05, 0.1) is 12.9 Å². The molecule has 2 aromatic rings. The van der Waals surface area contributed by atoms with Crippen LogP contribution in [-0.4, -0.2) is 59.8 Å². The molecule has 1 unspecified atom stereocenters. The summed E-state index contributed by atoms with van der Waals surface area (Å²) in [5, 5.41) is 29.4. The minimum atomic E-state index is -1.19. The van der Waals surface area contributed by atoms with Gasteiger partial charge in [-0.2, -0.15) is 0 Å². The molecule has 0 amide bonds. The summed E-state index contributed by atoms with van der Waals surface area (Å²) in [5.74, 6) is 6.16. The Morgan fingerprint density at radius 3 is 2.73 bits per heavy atom. The second kappa shape index (κ2) is 8.56. The number of aromatic nitrogens is 4. The van der Waals surface area contributed by atoms with Crippen LogP contribution < -0.4 is 0 Å². The summed E-state index contributed by atoms with van der Waals surface area (Å²) in [6.45, 7) is 1.79. The minimum Gasteiger partial charge on any atom is -0.394 e. The quantitative estimate of drug-likeness (QED) is 0.515. The molecule has 0 aromatic carbocycles. The second-order valence-corrected chi connectivity index (χ2v) is 6.39. The molecule has 3 rings (SSSR count). The lowest BCUT2D eigenvalue weighted by atomic mass is 10.1. The van der Waals surface area contributed by atoms with Crippen molar-refractivity contribution < 1.29 is 20.1 Å². The van der Waals surface area contributed by atoms with Gasteiger partial charge in [0, 0.05) is 6.42 Å². The highest BCUT2D eigenvalue weighted by Crippen LogP contribution is 2.31. The average Bonchev–Trinajstić information content (AvgIpc) is 3.20. The van der Waals surface area contributed by atoms with Crippen LogP contribution in [0.2, 0.25) is 0 Å². The van der Waals surface area contributed by atoms with Gasteiger partial charge in [0.15, 0.2) is 11.9 Å². The highest BCUT2D eigenvalue weighted by molar-refractivity contribution is 5.76. The Kier molecular flexibility index (Phi) is 6.16. The molecular formula is C18H24N4O4. The molecule has 1 aliphatic heterocycles. The van der Waals surface area contributed by atoms with Gasteiger partial charge in [-0.15, -0.1) is 0 Å². The largest absolute Gasteiger partial charge is 0.394 e. The predicted molar refractivity (Wildman–Crippen MR) is 94.0 cm³/mol. The summed E-state index contributed by atoms with van der Waals surface area (Å²) in [6.07, 6.45) is 4.23. The predicted octanol–water partition coefficient (Wildman–Crippen LogP) is 0.760. The van der Waals surface area contributed by atoms with E-state index >= 15 is 0 Å². The number of rotatable bonds is 6. The molecule has 0 spiro atoms. The zero-order valence-corrected chi connectivity index (χ0v) is 14.7. The Bertz CT molecular complexity index is 797. The third-order valence-corrected chi connectivity index (χ3v) is 4.51. The molecule has 1 aliphatic rings. The van der Waals surface area contributed by atoms with Gasteiger partial charge in [-0.25, -0.2) is 15.0 Å². The van der Waals surface area contributed by atoms with Crippen molar-refractivity contribution in [2.45, 2.75) is 63.6 Å². The molecule has 0 bridgehead atoms. The van der Waals surface area contributed by atoms with Crippen molar-refractivity contribution in [3.05, 3.63) is 18.3 Å². The SMILES string of the molecule is CCCCCCC#Cc1ncnc2c1ncn2C1O[C@H](CO)[C@@H](O)[C@H]1O. The zero-order chi connectivity index (χ0) is 18.5. The van der Waals surface area contributed by atoms with Crippen molar-refractivity contribution in [2.24, 2.45) is 0 Å². The molecule has 3 heterocycles. The first-order valence-electron chi connectivity index (χ1n) is 8.96. The number of unbranched alkanes of at least 4 members (excludes halogenated alkanes) is 4. The number of aliphatic hydroxyl groups is 3. The average molecular weight is 360 g/mol. The van der Waals surface area contributed by atoms with Crippen LogP contribution in [0.25, 0.3) is 11.2 Å². The Morgan fingerprint density at radius 2 is 2.00 bits per heavy atom. The van der Waals surface area contributed by atoms with Crippen LogP contribution in [0.1, 0.15) is 50.9 Å². The summed E-state index contributed by atoms with van der Waals surface area (Å²) in [6, 6.07) is 0. The van der Waals surface area contributed by atoms with Crippen LogP contribution in [0.15, 0.2) is 12.7 Å². The topological polar surface area (TPSA) is 114 Å². The molecule has 0 aliphatic carbocycles. The summed E-state index contributed by atoms with van der Waals surface area (Å²) < 4.78 is 7.07. The number of aliphatic hydroxyl groups excluding tert-OH is 3. The fourth-order valence-corrected chi connectivity index (χ4v) is 3.03. The Balaban J connectivity index is 1.80. The van der Waals surface area contributed by atoms with Crippen molar-refractivity contribution in [1.82, 2.24) is 19.5 Å². The number of hydrogen-bond acceptors (Lipinski definition) is 7. The first-order valence-corrected chi connectivity index (χ1v) is 8.96. The number of nitrogens with zero attached hydrogens (tertiary/aromatic N) is 4. The summed E-state index contributed by atoms with van der Waals surface area (Å²) in [7, 11) is 0. The van der Waals surface area contributed by atoms with E-state index < -0.39 is 24.5 Å². The molecule has 2 aromatic heterocycles. The highest BCUT2D eigenvalue weighted by Gasteiger charge is 2.43. The molecule has 1 fully saturated rings. The van der Waals surface area contributed by atoms with E-state index in [0.717, 1.165) is 12.8 Å². The van der Waals surface area contributed by atoms with E-state index in [2.05, 4.69) is 33.7 Å². The minimum absolute atomic E-state index is 0.384. The molecule has 26 heavy (non-hydrogen) atoms. The summed E-state index contributed by atoms with van der Waals surface area (Å²) in [4.78, 5) is 12.7. The highest BCUT2D eigenvalue weighted by atomic mass is 16.6. The third-order valence-electron chi connectivity index (χ3n) is 4.51. The maximum Gasteiger partial charge on any atom is 0.166 e. The Hall–Kier alpha value is -2.05. The van der Waals surface area contributed by atoms with Gasteiger partial charge in [-0.3, -0.25) is 4.57 Å². The van der Waals surface area contributed by atoms with Gasteiger partial charge in [0.25, 0.3) is 0 Å². The third kappa shape index (κ3) is 3.71. The van der Waals surface area contributed by atoms with E-state index in [9.17, 15) is 15.3 Å². The zero-order valence-electron chi connectivity index (χ0n) is 14.7. The van der Waals surface area contributed by atoms with E-state index in [4.69, 9.17) is 4.74 Å². The molecular weight excluding hydrogens is 336 g/mol. The van der Waals surface area contributed by atoms with Gasteiger partial charge in [0.2, 0.25) is 0 Å². The van der Waals surface area contributed by atoms with Crippen molar-refractivity contribution in [2.75, 3.05) is 6.61 Å². The molecule has 0 saturated carbocycles. The number of imidazole rings is 1. The normalized spacial score (nSPS) is 25.4. The van der Waals surface area contributed by atoms with Gasteiger partial charge in [0.1, 0.15) is 35.8 Å². The second-order valence-electron chi connectivity index (χ2n) is 6.39. The van der Waals surface area contributed by atoms with Gasteiger partial charge >= 0.3 is 0 Å². The van der Waals surface area contributed by atoms with Crippen molar-refractivity contribution >= 4 is 11.2 Å². The van der Waals surface area contributed by atoms with E-state index in [1.54, 1.807) is 0 Å². The van der Waals surface area contributed by atoms with Crippen molar-refractivity contribution in [1.29, 1.82) is 0 Å². The molecule has 8 heteroatoms. The Labute approximate surface area is 151 Å². The number of ether oxygens (including phenoxy) is 1. The van der Waals surface area contributed by atoms with Crippen LogP contribution in [0, 0.1) is 11.8 Å². The monoisotopic (exact) mass is 360 g/mol. The Morgan fingerprint density at radius 1 is 1.15 bits per heavy atom. The van der Waals surface area contributed by atoms with Crippen LogP contribution >= 0.6 is 0 Å². The summed E-state index contributed by atoms with van der Waals surface area (Å²) in [5.41, 5.74) is 1.51. The number of hydrogen-bond donors (Lipinski definition) is 3. The van der Waals surface area contributed by atoms with Crippen LogP contribution in [0.3, 0.4) is 0 Å². The summed E-state index contributed by atoms with van der Waals surface area (Å²) >= 11 is 0. The molecule has 3 N–H and O–H groups in total. The molecule has 4 atom stereocenters. The standard InChI is InChI=1S/C18H24N4O4/c1-2-3-4-5-6-7-8-12-14-17(20-10-19-12)22(11-21-14)18-16(25)15(24)13(9-23)26-18/h10-11,13,15-16,18,23-25H,2-6,9H2,1H3/t13-,15-,16-,18?/m1/s1. The maximum atomic E-state index is 10.2. The smallest absolute Gasteiger partial charge is 0.166 e.